The molecule has 1 rings (SSSR count). The zero-order valence-electron chi connectivity index (χ0n) is 11.5. The van der Waals surface area contributed by atoms with Crippen LogP contribution in [0.4, 0.5) is 0 Å². The molecule has 0 aromatic rings. The molecule has 1 unspecified atom stereocenters. The van der Waals surface area contributed by atoms with Gasteiger partial charge in [-0.1, -0.05) is 20.8 Å². The summed E-state index contributed by atoms with van der Waals surface area (Å²) in [5.74, 6) is 0.159. The molecule has 1 saturated carbocycles. The van der Waals surface area contributed by atoms with Crippen LogP contribution in [-0.4, -0.2) is 23.3 Å². The third-order valence-electron chi connectivity index (χ3n) is 3.93. The van der Waals surface area contributed by atoms with Crippen LogP contribution in [0.2, 0.25) is 0 Å². The minimum absolute atomic E-state index is 0.118. The Morgan fingerprint density at radius 2 is 1.94 bits per heavy atom. The van der Waals surface area contributed by atoms with E-state index in [1.807, 2.05) is 20.8 Å². The third kappa shape index (κ3) is 3.44. The maximum Gasteiger partial charge on any atom is 0.312 e. The maximum absolute atomic E-state index is 12.0. The van der Waals surface area contributed by atoms with Crippen molar-refractivity contribution in [1.29, 1.82) is 0 Å². The highest BCUT2D eigenvalue weighted by molar-refractivity contribution is 5.74. The van der Waals surface area contributed by atoms with Gasteiger partial charge in [0.05, 0.1) is 18.1 Å². The van der Waals surface area contributed by atoms with Crippen LogP contribution in [0, 0.1) is 17.8 Å². The van der Waals surface area contributed by atoms with E-state index in [0.717, 1.165) is 25.7 Å². The number of hydrogen-bond acceptors (Lipinski definition) is 3. The van der Waals surface area contributed by atoms with Gasteiger partial charge in [-0.3, -0.25) is 4.79 Å². The number of carbonyl (C=O) groups is 1. The average Bonchev–Trinajstić information content (AvgIpc) is 2.23. The second kappa shape index (κ2) is 5.85. The van der Waals surface area contributed by atoms with Gasteiger partial charge in [-0.2, -0.15) is 0 Å². The van der Waals surface area contributed by atoms with Gasteiger partial charge in [0.1, 0.15) is 0 Å². The Morgan fingerprint density at radius 3 is 2.35 bits per heavy atom. The van der Waals surface area contributed by atoms with Crippen molar-refractivity contribution in [3.63, 3.8) is 0 Å². The summed E-state index contributed by atoms with van der Waals surface area (Å²) in [6, 6.07) is 0. The van der Waals surface area contributed by atoms with Crippen molar-refractivity contribution in [2.75, 3.05) is 6.61 Å². The third-order valence-corrected chi connectivity index (χ3v) is 3.93. The lowest BCUT2D eigenvalue weighted by atomic mass is 9.69. The van der Waals surface area contributed by atoms with Gasteiger partial charge in [0.15, 0.2) is 0 Å². The zero-order chi connectivity index (χ0) is 13.1. The fraction of sp³-hybridized carbons (Fsp3) is 0.929. The van der Waals surface area contributed by atoms with Crippen LogP contribution in [0.25, 0.3) is 0 Å². The monoisotopic (exact) mass is 242 g/mol. The molecule has 0 aliphatic heterocycles. The smallest absolute Gasteiger partial charge is 0.312 e. The first-order chi connectivity index (χ1) is 7.90. The van der Waals surface area contributed by atoms with Crippen molar-refractivity contribution in [1.82, 2.24) is 0 Å². The second-order valence-electron chi connectivity index (χ2n) is 5.76. The van der Waals surface area contributed by atoms with Crippen LogP contribution in [0.1, 0.15) is 53.4 Å². The summed E-state index contributed by atoms with van der Waals surface area (Å²) in [5.41, 5.74) is -0.854. The van der Waals surface area contributed by atoms with Crippen LogP contribution in [0.3, 0.4) is 0 Å². The van der Waals surface area contributed by atoms with Gasteiger partial charge in [0.25, 0.3) is 0 Å². The molecule has 17 heavy (non-hydrogen) atoms. The normalized spacial score (nSPS) is 31.3. The van der Waals surface area contributed by atoms with Crippen molar-refractivity contribution >= 4 is 5.97 Å². The molecule has 1 N–H and O–H groups in total. The molecule has 1 aliphatic carbocycles. The molecule has 0 aromatic carbocycles. The Balaban J connectivity index is 2.79. The molecule has 0 spiro atoms. The fourth-order valence-corrected chi connectivity index (χ4v) is 2.92. The molecule has 0 amide bonds. The quantitative estimate of drug-likeness (QED) is 0.771. The summed E-state index contributed by atoms with van der Waals surface area (Å²) in [4.78, 5) is 12.0. The van der Waals surface area contributed by atoms with E-state index in [1.54, 1.807) is 0 Å². The van der Waals surface area contributed by atoms with Crippen molar-refractivity contribution in [3.8, 4) is 0 Å². The molecule has 0 bridgehead atoms. The highest BCUT2D eigenvalue weighted by Crippen LogP contribution is 2.40. The summed E-state index contributed by atoms with van der Waals surface area (Å²) < 4.78 is 5.11. The largest absolute Gasteiger partial charge is 0.466 e. The Hall–Kier alpha value is -0.570. The topological polar surface area (TPSA) is 46.5 Å². The average molecular weight is 242 g/mol. The van der Waals surface area contributed by atoms with Gasteiger partial charge < -0.3 is 9.84 Å². The Labute approximate surface area is 105 Å². The molecule has 0 aromatic heterocycles. The second-order valence-corrected chi connectivity index (χ2v) is 5.76. The van der Waals surface area contributed by atoms with E-state index in [2.05, 4.69) is 6.92 Å². The number of rotatable bonds is 4. The molecule has 100 valence electrons. The molecule has 0 radical (unpaired) electrons. The summed E-state index contributed by atoms with van der Waals surface area (Å²) >= 11 is 0. The maximum atomic E-state index is 12.0. The van der Waals surface area contributed by atoms with E-state index in [9.17, 15) is 9.90 Å². The first kappa shape index (κ1) is 14.5. The number of hydrogen-bond donors (Lipinski definition) is 1. The van der Waals surface area contributed by atoms with Crippen LogP contribution >= 0.6 is 0 Å². The van der Waals surface area contributed by atoms with Gasteiger partial charge in [-0.25, -0.2) is 0 Å². The lowest BCUT2D eigenvalue weighted by Gasteiger charge is -2.41. The number of esters is 1. The SMILES string of the molecule is CCOC(=O)C(C(C)C)C1(O)CCC(C)CC1. The number of carbonyl (C=O) groups excluding carboxylic acids is 1. The first-order valence-corrected chi connectivity index (χ1v) is 6.79. The standard InChI is InChI=1S/C14H26O3/c1-5-17-13(15)12(10(2)3)14(16)8-6-11(4)7-9-14/h10-12,16H,5-9H2,1-4H3. The highest BCUT2D eigenvalue weighted by atomic mass is 16.5. The van der Waals surface area contributed by atoms with E-state index in [-0.39, 0.29) is 17.8 Å². The fourth-order valence-electron chi connectivity index (χ4n) is 2.92. The molecule has 1 fully saturated rings. The summed E-state index contributed by atoms with van der Waals surface area (Å²) in [6.07, 6.45) is 3.43. The molecular weight excluding hydrogens is 216 g/mol. The lowest BCUT2D eigenvalue weighted by molar-refractivity contribution is -0.165. The van der Waals surface area contributed by atoms with E-state index in [1.165, 1.54) is 0 Å². The highest BCUT2D eigenvalue weighted by Gasteiger charge is 2.45. The molecule has 3 heteroatoms. The first-order valence-electron chi connectivity index (χ1n) is 6.79. The van der Waals surface area contributed by atoms with Gasteiger partial charge in [-0.05, 0) is 44.4 Å². The van der Waals surface area contributed by atoms with Gasteiger partial charge in [-0.15, -0.1) is 0 Å². The Kier molecular flexibility index (Phi) is 4.99. The Morgan fingerprint density at radius 1 is 1.41 bits per heavy atom. The summed E-state index contributed by atoms with van der Waals surface area (Å²) in [7, 11) is 0. The van der Waals surface area contributed by atoms with Gasteiger partial charge in [0, 0.05) is 0 Å². The van der Waals surface area contributed by atoms with E-state index >= 15 is 0 Å². The molecule has 0 heterocycles. The summed E-state index contributed by atoms with van der Waals surface area (Å²) in [5, 5.41) is 10.7. The van der Waals surface area contributed by atoms with E-state index < -0.39 is 5.60 Å². The van der Waals surface area contributed by atoms with Crippen molar-refractivity contribution in [2.24, 2.45) is 17.8 Å². The predicted octanol–water partition coefficient (Wildman–Crippen LogP) is 2.76. The van der Waals surface area contributed by atoms with Crippen LogP contribution in [-0.2, 0) is 9.53 Å². The molecule has 0 saturated heterocycles. The van der Waals surface area contributed by atoms with Crippen molar-refractivity contribution in [3.05, 3.63) is 0 Å². The van der Waals surface area contributed by atoms with Crippen LogP contribution < -0.4 is 0 Å². The number of ether oxygens (including phenoxy) is 1. The van der Waals surface area contributed by atoms with Crippen molar-refractivity contribution in [2.45, 2.75) is 59.0 Å². The molecule has 1 aliphatic rings. The van der Waals surface area contributed by atoms with Crippen molar-refractivity contribution < 1.29 is 14.6 Å². The molecule has 1 atom stereocenters. The van der Waals surface area contributed by atoms with Crippen LogP contribution in [0.15, 0.2) is 0 Å². The predicted molar refractivity (Wildman–Crippen MR) is 67.5 cm³/mol. The molecule has 3 nitrogen and oxygen atoms in total. The zero-order valence-corrected chi connectivity index (χ0v) is 11.5. The molecular formula is C14H26O3. The number of aliphatic hydroxyl groups is 1. The minimum Gasteiger partial charge on any atom is -0.466 e. The van der Waals surface area contributed by atoms with Crippen LogP contribution in [0.5, 0.6) is 0 Å². The minimum atomic E-state index is -0.854. The van der Waals surface area contributed by atoms with E-state index in [0.29, 0.717) is 12.5 Å². The van der Waals surface area contributed by atoms with Gasteiger partial charge >= 0.3 is 5.97 Å². The Bertz CT molecular complexity index is 252. The lowest BCUT2D eigenvalue weighted by Crippen LogP contribution is -2.48. The summed E-state index contributed by atoms with van der Waals surface area (Å²) in [6.45, 7) is 8.36. The van der Waals surface area contributed by atoms with E-state index in [4.69, 9.17) is 4.74 Å². The van der Waals surface area contributed by atoms with Gasteiger partial charge in [0.2, 0.25) is 0 Å².